The Morgan fingerprint density at radius 1 is 1.03 bits per heavy atom. The molecule has 0 aromatic heterocycles. The Balaban J connectivity index is 0.00000320. The maximum absolute atomic E-state index is 12.2. The van der Waals surface area contributed by atoms with Crippen LogP contribution in [0.1, 0.15) is 17.5 Å². The molecular weight excluding hydrogens is 482 g/mol. The molecule has 0 bridgehead atoms. The smallest absolute Gasteiger partial charge is 0.748 e. The van der Waals surface area contributed by atoms with E-state index in [1.165, 1.54) is 12.1 Å². The van der Waals surface area contributed by atoms with Gasteiger partial charge in [-0.2, -0.15) is 5.10 Å². The van der Waals surface area contributed by atoms with Crippen LogP contribution in [0.4, 0.5) is 5.69 Å². The minimum atomic E-state index is -4.60. The average Bonchev–Trinajstić information content (AvgIpc) is 3.12. The van der Waals surface area contributed by atoms with Crippen molar-refractivity contribution in [2.75, 3.05) is 23.1 Å². The van der Waals surface area contributed by atoms with E-state index in [4.69, 9.17) is 23.2 Å². The predicted molar refractivity (Wildman–Crippen MR) is 113 cm³/mol. The summed E-state index contributed by atoms with van der Waals surface area (Å²) in [6.45, 7) is 2.53. The summed E-state index contributed by atoms with van der Waals surface area (Å²) in [7, 11) is -8.46. The van der Waals surface area contributed by atoms with E-state index in [-0.39, 0.29) is 34.5 Å². The van der Waals surface area contributed by atoms with Crippen LogP contribution in [-0.4, -0.2) is 45.2 Å². The van der Waals surface area contributed by atoms with Crippen LogP contribution in [0.15, 0.2) is 46.4 Å². The number of sulfone groups is 1. The summed E-state index contributed by atoms with van der Waals surface area (Å²) in [4.78, 5) is -0.0476. The standard InChI is InChI=1S/C18H18Cl2N2O5S2.Na/c1-12-10-16(19)17(20)11-15(12)18-6-7-22(21-18)13-2-4-14(5-3-13)28(23,24)8-9-29(25,26)27;/h2-5,10-11H,6-9H2,1H3,(H,25,26,27);/q;+1/p-1. The Labute approximate surface area is 208 Å². The van der Waals surface area contributed by atoms with Gasteiger partial charge in [0.05, 0.1) is 48.0 Å². The fourth-order valence-electron chi connectivity index (χ4n) is 2.95. The average molecular weight is 499 g/mol. The van der Waals surface area contributed by atoms with Gasteiger partial charge in [-0.15, -0.1) is 0 Å². The fourth-order valence-corrected chi connectivity index (χ4v) is 5.81. The zero-order valence-corrected chi connectivity index (χ0v) is 21.4. The topological polar surface area (TPSA) is 107 Å². The second-order valence-corrected chi connectivity index (χ2v) is 11.0. The van der Waals surface area contributed by atoms with Gasteiger partial charge in [0.1, 0.15) is 0 Å². The third-order valence-electron chi connectivity index (χ3n) is 4.48. The molecule has 0 fully saturated rings. The number of aryl methyl sites for hydroxylation is 1. The van der Waals surface area contributed by atoms with Gasteiger partial charge >= 0.3 is 29.6 Å². The van der Waals surface area contributed by atoms with Crippen molar-refractivity contribution in [3.8, 4) is 0 Å². The molecule has 0 saturated carbocycles. The summed E-state index contributed by atoms with van der Waals surface area (Å²) in [6, 6.07) is 9.49. The van der Waals surface area contributed by atoms with Crippen LogP contribution in [0.25, 0.3) is 0 Å². The van der Waals surface area contributed by atoms with E-state index in [0.717, 1.165) is 16.8 Å². The number of hydrogen-bond acceptors (Lipinski definition) is 7. The van der Waals surface area contributed by atoms with Crippen LogP contribution in [0.3, 0.4) is 0 Å². The summed E-state index contributed by atoms with van der Waals surface area (Å²) >= 11 is 12.2. The van der Waals surface area contributed by atoms with Crippen molar-refractivity contribution in [2.24, 2.45) is 5.10 Å². The Bertz CT molecular complexity index is 1180. The minimum absolute atomic E-state index is 0. The Morgan fingerprint density at radius 2 is 1.63 bits per heavy atom. The van der Waals surface area contributed by atoms with E-state index in [9.17, 15) is 21.4 Å². The van der Waals surface area contributed by atoms with E-state index < -0.39 is 31.5 Å². The Hall–Kier alpha value is -0.650. The molecule has 3 rings (SSSR count). The number of benzene rings is 2. The molecule has 0 N–H and O–H groups in total. The predicted octanol–water partition coefficient (Wildman–Crippen LogP) is 0.239. The zero-order valence-electron chi connectivity index (χ0n) is 16.3. The summed E-state index contributed by atoms with van der Waals surface area (Å²) < 4.78 is 56.4. The Morgan fingerprint density at radius 3 is 2.23 bits per heavy atom. The number of hydrogen-bond donors (Lipinski definition) is 0. The van der Waals surface area contributed by atoms with Crippen molar-refractivity contribution < 1.29 is 50.9 Å². The van der Waals surface area contributed by atoms with Crippen molar-refractivity contribution >= 4 is 54.6 Å². The maximum Gasteiger partial charge on any atom is 1.00 e. The SMILES string of the molecule is Cc1cc(Cl)c(Cl)cc1C1=NN(c2ccc(S(=O)(=O)CCS(=O)(=O)[O-])cc2)CC1.[Na+]. The number of rotatable bonds is 6. The van der Waals surface area contributed by atoms with Crippen molar-refractivity contribution in [3.05, 3.63) is 57.6 Å². The van der Waals surface area contributed by atoms with Crippen molar-refractivity contribution in [2.45, 2.75) is 18.2 Å². The van der Waals surface area contributed by atoms with Crippen molar-refractivity contribution in [1.82, 2.24) is 0 Å². The molecular formula is C18H17Cl2N2NaO5S2. The molecule has 30 heavy (non-hydrogen) atoms. The number of nitrogens with zero attached hydrogens (tertiary/aromatic N) is 2. The second kappa shape index (κ2) is 9.87. The minimum Gasteiger partial charge on any atom is -0.748 e. The van der Waals surface area contributed by atoms with Crippen molar-refractivity contribution in [1.29, 1.82) is 0 Å². The van der Waals surface area contributed by atoms with Crippen LogP contribution >= 0.6 is 23.2 Å². The van der Waals surface area contributed by atoms with Gasteiger partial charge in [0.2, 0.25) is 0 Å². The first-order valence-corrected chi connectivity index (χ1v) is 12.5. The summed E-state index contributed by atoms with van der Waals surface area (Å²) in [5.74, 6) is -1.71. The molecule has 0 amide bonds. The monoisotopic (exact) mass is 498 g/mol. The van der Waals surface area contributed by atoms with Gasteiger partial charge in [-0.05, 0) is 48.9 Å². The molecule has 0 unspecified atom stereocenters. The van der Waals surface area contributed by atoms with Crippen LogP contribution in [0, 0.1) is 6.92 Å². The van der Waals surface area contributed by atoms with E-state index in [2.05, 4.69) is 5.10 Å². The van der Waals surface area contributed by atoms with Crippen LogP contribution in [0.5, 0.6) is 0 Å². The molecule has 0 aliphatic carbocycles. The van der Waals surface area contributed by atoms with Crippen molar-refractivity contribution in [3.63, 3.8) is 0 Å². The van der Waals surface area contributed by atoms with Crippen LogP contribution in [-0.2, 0) is 20.0 Å². The summed E-state index contributed by atoms with van der Waals surface area (Å²) in [6.07, 6.45) is 0.681. The number of hydrazone groups is 1. The quantitative estimate of drug-likeness (QED) is 0.417. The molecule has 2 aromatic carbocycles. The molecule has 156 valence electrons. The van der Waals surface area contributed by atoms with Crippen LogP contribution < -0.4 is 34.6 Å². The Kier molecular flexibility index (Phi) is 8.43. The van der Waals surface area contributed by atoms with Gasteiger partial charge in [0.15, 0.2) is 9.84 Å². The molecule has 7 nitrogen and oxygen atoms in total. The van der Waals surface area contributed by atoms with Gasteiger partial charge in [-0.3, -0.25) is 5.01 Å². The van der Waals surface area contributed by atoms with E-state index >= 15 is 0 Å². The molecule has 0 spiro atoms. The number of anilines is 1. The molecule has 1 heterocycles. The molecule has 1 aliphatic heterocycles. The van der Waals surface area contributed by atoms with E-state index in [1.54, 1.807) is 29.3 Å². The fraction of sp³-hybridized carbons (Fsp3) is 0.278. The van der Waals surface area contributed by atoms with Crippen LogP contribution in [0.2, 0.25) is 10.0 Å². The van der Waals surface area contributed by atoms with Gasteiger partial charge in [-0.25, -0.2) is 16.8 Å². The largest absolute Gasteiger partial charge is 1.00 e. The number of halogens is 2. The van der Waals surface area contributed by atoms with E-state index in [0.29, 0.717) is 28.7 Å². The van der Waals surface area contributed by atoms with Gasteiger partial charge in [0.25, 0.3) is 0 Å². The zero-order chi connectivity index (χ0) is 21.4. The third kappa shape index (κ3) is 6.20. The summed E-state index contributed by atoms with van der Waals surface area (Å²) in [5, 5.41) is 7.27. The molecule has 2 aromatic rings. The summed E-state index contributed by atoms with van der Waals surface area (Å²) in [5.41, 5.74) is 3.39. The molecule has 1 aliphatic rings. The van der Waals surface area contributed by atoms with E-state index in [1.807, 2.05) is 6.92 Å². The first kappa shape index (κ1) is 25.6. The molecule has 0 atom stereocenters. The maximum atomic E-state index is 12.2. The first-order chi connectivity index (χ1) is 13.5. The second-order valence-electron chi connectivity index (χ2n) is 6.58. The van der Waals surface area contributed by atoms with Gasteiger partial charge in [-0.1, -0.05) is 23.2 Å². The van der Waals surface area contributed by atoms with Gasteiger partial charge < -0.3 is 4.55 Å². The van der Waals surface area contributed by atoms with Gasteiger partial charge in [0, 0.05) is 18.5 Å². The molecule has 0 saturated heterocycles. The first-order valence-electron chi connectivity index (χ1n) is 8.54. The normalized spacial score (nSPS) is 14.4. The molecule has 12 heteroatoms. The third-order valence-corrected chi connectivity index (χ3v) is 7.89. The molecule has 0 radical (unpaired) electrons.